The maximum absolute atomic E-state index is 14.6. The van der Waals surface area contributed by atoms with Gasteiger partial charge in [-0.15, -0.1) is 11.3 Å². The molecule has 0 aliphatic carbocycles. The van der Waals surface area contributed by atoms with Crippen molar-refractivity contribution in [1.82, 2.24) is 19.8 Å². The number of nitrogens with one attached hydrogen (secondary N) is 1. The molecule has 2 aliphatic heterocycles. The van der Waals surface area contributed by atoms with Gasteiger partial charge in [0.15, 0.2) is 11.9 Å². The van der Waals surface area contributed by atoms with E-state index in [2.05, 4.69) is 15.5 Å². The molecular formula is C34H42N4O9S2. The highest BCUT2D eigenvalue weighted by Crippen LogP contribution is 2.33. The Morgan fingerprint density at radius 2 is 2.12 bits per heavy atom. The van der Waals surface area contributed by atoms with Crippen LogP contribution >= 0.6 is 11.3 Å². The van der Waals surface area contributed by atoms with Crippen LogP contribution in [0.2, 0.25) is 0 Å². The number of aliphatic hydroxyl groups excluding tert-OH is 1. The molecule has 2 N–H and O–H groups in total. The van der Waals surface area contributed by atoms with E-state index in [9.17, 15) is 18.3 Å². The third-order valence-corrected chi connectivity index (χ3v) is 10.0. The van der Waals surface area contributed by atoms with Crippen LogP contribution in [-0.2, 0) is 37.2 Å². The first-order chi connectivity index (χ1) is 30.5. The van der Waals surface area contributed by atoms with Crippen LogP contribution in [0.15, 0.2) is 57.3 Å². The third kappa shape index (κ3) is 8.41. The summed E-state index contributed by atoms with van der Waals surface area (Å²) >= 11 is 0.694. The van der Waals surface area contributed by atoms with Crippen LogP contribution in [0.4, 0.5) is 4.79 Å². The smallest absolute Gasteiger partial charge is 0.407 e. The summed E-state index contributed by atoms with van der Waals surface area (Å²) in [5.41, 5.74) is -1.00. The van der Waals surface area contributed by atoms with E-state index >= 15 is 0 Å². The fourth-order valence-electron chi connectivity index (χ4n) is 5.15. The highest BCUT2D eigenvalue weighted by atomic mass is 32.2. The molecule has 2 aliphatic rings. The van der Waals surface area contributed by atoms with Crippen molar-refractivity contribution >= 4 is 38.4 Å². The van der Waals surface area contributed by atoms with Crippen molar-refractivity contribution in [2.75, 3.05) is 26.3 Å². The lowest BCUT2D eigenvalue weighted by Crippen LogP contribution is -2.51. The molecule has 6 rings (SSSR count). The van der Waals surface area contributed by atoms with Gasteiger partial charge in [0.05, 0.1) is 59.4 Å². The number of alkyl carbamates (subject to hydrolysis) is 1. The summed E-state index contributed by atoms with van der Waals surface area (Å²) in [6, 6.07) is 6.07. The second-order valence-corrected chi connectivity index (χ2v) is 13.8. The van der Waals surface area contributed by atoms with Gasteiger partial charge in [0.1, 0.15) is 18.4 Å². The summed E-state index contributed by atoms with van der Waals surface area (Å²) in [6.07, 6.45) is -8.22. The first-order valence-corrected chi connectivity index (χ1v) is 16.9. The van der Waals surface area contributed by atoms with Gasteiger partial charge < -0.3 is 33.9 Å². The molecule has 0 radical (unpaired) electrons. The van der Waals surface area contributed by atoms with Crippen molar-refractivity contribution < 1.29 is 66.5 Å². The summed E-state index contributed by atoms with van der Waals surface area (Å²) in [7, 11) is -5.26. The molecule has 2 saturated heterocycles. The number of fused-ring (bicyclic) bond motifs is 2. The Bertz CT molecular complexity index is 2540. The molecule has 0 saturated carbocycles. The monoisotopic (exact) mass is 732 g/mol. The van der Waals surface area contributed by atoms with Crippen molar-refractivity contribution in [2.45, 2.75) is 76.2 Å². The minimum absolute atomic E-state index is 0.0303. The van der Waals surface area contributed by atoms with Gasteiger partial charge in [-0.25, -0.2) is 18.2 Å². The molecule has 15 heteroatoms. The number of carbonyl (C=O) groups is 1. The molecular weight excluding hydrogens is 673 g/mol. The van der Waals surface area contributed by atoms with Gasteiger partial charge in [0, 0.05) is 41.7 Å². The van der Waals surface area contributed by atoms with Crippen LogP contribution in [0.3, 0.4) is 0 Å². The Hall–Kier alpha value is -3.60. The number of carbonyl (C=O) groups excluding carboxylic acids is 1. The predicted octanol–water partition coefficient (Wildman–Crippen LogP) is 4.59. The molecule has 4 aromatic rings. The number of nitrogens with zero attached hydrogens (tertiary/aromatic N) is 3. The number of hydrogen-bond donors (Lipinski definition) is 2. The SMILES string of the molecule is [2H]C([2H])([2H])c1nc(C([2H])([2H])Oc2ccc(C[C@H](NC(=O)O[C@]3([2H])[C@@H]4CCO[C@@H]4OC3([2H])[2H])[C@H](O)CN(CC([2H])(C([2H])([2H])[2H])C([2H])([2H])[2H])S(=O)(=O)c3ccc4onc(C([2H])([2H])[2H])c4c3)cc2)cs1. The largest absolute Gasteiger partial charge is 0.487 e. The molecule has 0 unspecified atom stereocenters. The van der Waals surface area contributed by atoms with Gasteiger partial charge >= 0.3 is 6.09 Å². The predicted molar refractivity (Wildman–Crippen MR) is 181 cm³/mol. The van der Waals surface area contributed by atoms with Crippen molar-refractivity contribution in [2.24, 2.45) is 11.8 Å². The molecule has 2 fully saturated rings. The lowest BCUT2D eigenvalue weighted by atomic mass is 10.0. The van der Waals surface area contributed by atoms with Gasteiger partial charge in [-0.3, -0.25) is 0 Å². The van der Waals surface area contributed by atoms with E-state index in [4.69, 9.17) is 48.1 Å². The number of rotatable bonds is 14. The van der Waals surface area contributed by atoms with Gasteiger partial charge in [-0.2, -0.15) is 4.31 Å². The lowest BCUT2D eigenvalue weighted by Gasteiger charge is -2.31. The highest BCUT2D eigenvalue weighted by molar-refractivity contribution is 7.89. The average Bonchev–Trinajstić information content (AvgIpc) is 3.99. The van der Waals surface area contributed by atoms with E-state index in [1.165, 1.54) is 29.6 Å². The second kappa shape index (κ2) is 15.1. The van der Waals surface area contributed by atoms with Crippen LogP contribution in [0.25, 0.3) is 11.0 Å². The van der Waals surface area contributed by atoms with Gasteiger partial charge in [0.2, 0.25) is 10.0 Å². The molecule has 4 heterocycles. The van der Waals surface area contributed by atoms with Gasteiger partial charge in [-0.05, 0) is 68.3 Å². The van der Waals surface area contributed by atoms with E-state index < -0.39 is 123 Å². The van der Waals surface area contributed by atoms with E-state index in [0.29, 0.717) is 11.3 Å². The second-order valence-electron chi connectivity index (χ2n) is 11.0. The number of aromatic nitrogens is 2. The first kappa shape index (κ1) is 19.1. The average molecular weight is 733 g/mol. The Balaban J connectivity index is 1.36. The fourth-order valence-corrected chi connectivity index (χ4v) is 7.08. The van der Waals surface area contributed by atoms with Crippen molar-refractivity contribution in [3.05, 3.63) is 69.8 Å². The number of benzene rings is 2. The van der Waals surface area contributed by atoms with E-state index in [1.54, 1.807) is 0 Å². The molecule has 2 aromatic carbocycles. The summed E-state index contributed by atoms with van der Waals surface area (Å²) in [5.74, 6) is -4.84. The minimum atomic E-state index is -5.26. The number of hydrogen-bond acceptors (Lipinski definition) is 12. The van der Waals surface area contributed by atoms with Crippen molar-refractivity contribution in [1.29, 1.82) is 0 Å². The minimum Gasteiger partial charge on any atom is -0.487 e. The Morgan fingerprint density at radius 3 is 2.90 bits per heavy atom. The summed E-state index contributed by atoms with van der Waals surface area (Å²) < 4.78 is 201. The summed E-state index contributed by atoms with van der Waals surface area (Å²) in [6.45, 7) is -21.4. The van der Waals surface area contributed by atoms with E-state index in [0.717, 1.165) is 18.2 Å². The molecule has 264 valence electrons. The Labute approximate surface area is 314 Å². The molecule has 0 bridgehead atoms. The molecule has 2 aromatic heterocycles. The third-order valence-electron chi connectivity index (χ3n) is 7.58. The van der Waals surface area contributed by atoms with Crippen LogP contribution in [0.1, 0.15) is 66.8 Å². The zero-order valence-corrected chi connectivity index (χ0v) is 27.0. The quantitative estimate of drug-likeness (QED) is 0.187. The molecule has 13 nitrogen and oxygen atoms in total. The van der Waals surface area contributed by atoms with Crippen LogP contribution in [-0.4, -0.2) is 84.8 Å². The summed E-state index contributed by atoms with van der Waals surface area (Å²) in [4.78, 5) is 16.8. The summed E-state index contributed by atoms with van der Waals surface area (Å²) in [5, 5.41) is 18.2. The number of sulfonamides is 1. The molecule has 0 spiro atoms. The van der Waals surface area contributed by atoms with Crippen LogP contribution in [0.5, 0.6) is 5.75 Å². The number of amides is 1. The normalized spacial score (nSPS) is 30.0. The highest BCUT2D eigenvalue weighted by Gasteiger charge is 2.44. The maximum Gasteiger partial charge on any atom is 0.407 e. The van der Waals surface area contributed by atoms with Crippen molar-refractivity contribution in [3.63, 3.8) is 0 Å². The number of thiazole rings is 1. The number of aryl methyl sites for hydroxylation is 2. The Morgan fingerprint density at radius 1 is 1.27 bits per heavy atom. The Kier molecular flexibility index (Phi) is 5.90. The molecule has 49 heavy (non-hydrogen) atoms. The zero-order chi connectivity index (χ0) is 50.1. The van der Waals surface area contributed by atoms with Crippen molar-refractivity contribution in [3.8, 4) is 5.75 Å². The van der Waals surface area contributed by atoms with Gasteiger partial charge in [-0.1, -0.05) is 31.0 Å². The standard InChI is InChI=1S/C34H42N4O9S2/c1-20(2)15-38(49(41,42)26-9-10-31-28(14-26)21(3)37-47-31)16-30(39)29(36-34(40)46-32-18-45-33-27(32)11-12-43-33)13-23-5-7-25(8-6-23)44-17-24-19-48-22(4)35-24/h5-10,14,19-20,27,29-30,32-33,39H,11-13,15-18H2,1-4H3,(H,36,40)/t27-,29-,30+,32-,33+/m0/s1/i1D3,2D3,3D3,4D3,17D2,18D2,20D,32D. The van der Waals surface area contributed by atoms with Crippen LogP contribution < -0.4 is 10.1 Å². The fraction of sp³-hybridized carbons (Fsp3) is 0.500. The maximum atomic E-state index is 14.6. The topological polar surface area (TPSA) is 163 Å². The first-order valence-electron chi connectivity index (χ1n) is 23.6. The van der Waals surface area contributed by atoms with E-state index in [-0.39, 0.29) is 50.3 Å². The lowest BCUT2D eigenvalue weighted by molar-refractivity contribution is -0.0907. The molecule has 5 atom stereocenters. The zero-order valence-electron chi connectivity index (χ0n) is 43.3. The number of ether oxygens (including phenoxy) is 4. The van der Waals surface area contributed by atoms with Crippen LogP contribution in [0, 0.1) is 25.5 Å². The van der Waals surface area contributed by atoms with E-state index in [1.807, 2.05) is 0 Å². The molecule has 1 amide bonds. The van der Waals surface area contributed by atoms with Gasteiger partial charge in [0.25, 0.3) is 0 Å². The number of aliphatic hydroxyl groups is 1.